The second-order valence-corrected chi connectivity index (χ2v) is 7.71. The Hall–Kier alpha value is -2.41. The van der Waals surface area contributed by atoms with Crippen LogP contribution >= 0.6 is 0 Å². The lowest BCUT2D eigenvalue weighted by Gasteiger charge is -2.18. The number of rotatable bonds is 7. The molecule has 134 valence electrons. The maximum atomic E-state index is 14.0. The van der Waals surface area contributed by atoms with Crippen LogP contribution in [0.4, 0.5) is 4.39 Å². The highest BCUT2D eigenvalue weighted by Gasteiger charge is 2.20. The lowest BCUT2D eigenvalue weighted by Crippen LogP contribution is -2.31. The van der Waals surface area contributed by atoms with Crippen molar-refractivity contribution in [1.29, 1.82) is 0 Å². The zero-order valence-corrected chi connectivity index (χ0v) is 14.9. The Morgan fingerprint density at radius 1 is 1.16 bits per heavy atom. The number of halogens is 1. The van der Waals surface area contributed by atoms with Gasteiger partial charge in [0.15, 0.2) is 9.84 Å². The number of sulfone groups is 1. The Morgan fingerprint density at radius 2 is 1.84 bits per heavy atom. The molecule has 2 rings (SSSR count). The fourth-order valence-corrected chi connectivity index (χ4v) is 3.06. The van der Waals surface area contributed by atoms with Crippen molar-refractivity contribution in [2.24, 2.45) is 0 Å². The van der Waals surface area contributed by atoms with E-state index in [1.807, 2.05) is 18.2 Å². The van der Waals surface area contributed by atoms with E-state index in [9.17, 15) is 17.6 Å². The van der Waals surface area contributed by atoms with Gasteiger partial charge in [0.25, 0.3) is 5.91 Å². The number of para-hydroxylation sites is 1. The molecule has 0 bridgehead atoms. The fourth-order valence-electron chi connectivity index (χ4n) is 2.15. The molecule has 1 amide bonds. The molecule has 0 unspecified atom stereocenters. The van der Waals surface area contributed by atoms with Crippen LogP contribution in [0.15, 0.2) is 53.4 Å². The number of hydrogen-bond donors (Lipinski definition) is 0. The van der Waals surface area contributed by atoms with Crippen molar-refractivity contribution in [3.05, 3.63) is 59.9 Å². The minimum absolute atomic E-state index is 0.0614. The Morgan fingerprint density at radius 3 is 2.48 bits per heavy atom. The third-order valence-corrected chi connectivity index (χ3v) is 5.42. The van der Waals surface area contributed by atoms with Crippen LogP contribution in [-0.2, 0) is 9.84 Å². The smallest absolute Gasteiger partial charge is 0.256 e. The van der Waals surface area contributed by atoms with Crippen LogP contribution < -0.4 is 4.74 Å². The van der Waals surface area contributed by atoms with Crippen LogP contribution in [0.25, 0.3) is 0 Å². The van der Waals surface area contributed by atoms with E-state index in [1.54, 1.807) is 12.1 Å². The average Bonchev–Trinajstić information content (AvgIpc) is 2.62. The molecule has 0 atom stereocenters. The molecule has 5 nitrogen and oxygen atoms in total. The van der Waals surface area contributed by atoms with Gasteiger partial charge in [-0.2, -0.15) is 0 Å². The van der Waals surface area contributed by atoms with Crippen molar-refractivity contribution in [3.63, 3.8) is 0 Å². The molecule has 0 fully saturated rings. The second-order valence-electron chi connectivity index (χ2n) is 5.43. The number of likely N-dealkylation sites (N-methyl/N-ethyl adjacent to an activating group) is 1. The SMILES string of the molecule is CCS(=O)(=O)c1ccc(F)c(C(=O)N(C)CCOc2ccccc2)c1. The van der Waals surface area contributed by atoms with Crippen molar-refractivity contribution in [2.45, 2.75) is 11.8 Å². The number of hydrogen-bond acceptors (Lipinski definition) is 4. The van der Waals surface area contributed by atoms with Gasteiger partial charge in [-0.25, -0.2) is 12.8 Å². The third kappa shape index (κ3) is 4.79. The lowest BCUT2D eigenvalue weighted by atomic mass is 10.2. The van der Waals surface area contributed by atoms with Gasteiger partial charge in [0.05, 0.1) is 22.8 Å². The predicted octanol–water partition coefficient (Wildman–Crippen LogP) is 2.77. The van der Waals surface area contributed by atoms with Crippen LogP contribution in [0.2, 0.25) is 0 Å². The molecule has 25 heavy (non-hydrogen) atoms. The van der Waals surface area contributed by atoms with E-state index < -0.39 is 21.6 Å². The van der Waals surface area contributed by atoms with Gasteiger partial charge in [0.2, 0.25) is 0 Å². The van der Waals surface area contributed by atoms with E-state index in [0.717, 1.165) is 12.1 Å². The highest BCUT2D eigenvalue weighted by atomic mass is 32.2. The van der Waals surface area contributed by atoms with Crippen LogP contribution in [0, 0.1) is 5.82 Å². The molecular formula is C18H20FNO4S. The van der Waals surface area contributed by atoms with Gasteiger partial charge in [-0.15, -0.1) is 0 Å². The first-order chi connectivity index (χ1) is 11.8. The molecule has 0 heterocycles. The van der Waals surface area contributed by atoms with E-state index in [2.05, 4.69) is 0 Å². The molecule has 0 spiro atoms. The van der Waals surface area contributed by atoms with Gasteiger partial charge >= 0.3 is 0 Å². The standard InChI is InChI=1S/C18H20FNO4S/c1-3-25(22,23)15-9-10-17(19)16(13-15)18(21)20(2)11-12-24-14-7-5-4-6-8-14/h4-10,13H,3,11-12H2,1-2H3. The van der Waals surface area contributed by atoms with E-state index in [1.165, 1.54) is 24.9 Å². The number of ether oxygens (including phenoxy) is 1. The zero-order valence-electron chi connectivity index (χ0n) is 14.1. The number of carbonyl (C=O) groups is 1. The normalized spacial score (nSPS) is 11.2. The molecular weight excluding hydrogens is 345 g/mol. The summed E-state index contributed by atoms with van der Waals surface area (Å²) in [5.74, 6) is -0.795. The largest absolute Gasteiger partial charge is 0.492 e. The van der Waals surface area contributed by atoms with Crippen molar-refractivity contribution >= 4 is 15.7 Å². The summed E-state index contributed by atoms with van der Waals surface area (Å²) >= 11 is 0. The van der Waals surface area contributed by atoms with Gasteiger partial charge in [0, 0.05) is 7.05 Å². The monoisotopic (exact) mass is 365 g/mol. The minimum atomic E-state index is -3.51. The Balaban J connectivity index is 2.07. The first-order valence-corrected chi connectivity index (χ1v) is 9.46. The molecule has 0 aromatic heterocycles. The van der Waals surface area contributed by atoms with Crippen molar-refractivity contribution in [2.75, 3.05) is 26.0 Å². The van der Waals surface area contributed by atoms with Crippen LogP contribution in [-0.4, -0.2) is 45.2 Å². The van der Waals surface area contributed by atoms with Crippen molar-refractivity contribution in [1.82, 2.24) is 4.90 Å². The molecule has 2 aromatic carbocycles. The maximum Gasteiger partial charge on any atom is 0.256 e. The number of amides is 1. The van der Waals surface area contributed by atoms with Crippen molar-refractivity contribution < 1.29 is 22.3 Å². The molecule has 0 aliphatic heterocycles. The molecule has 0 aliphatic carbocycles. The average molecular weight is 365 g/mol. The maximum absolute atomic E-state index is 14.0. The summed E-state index contributed by atoms with van der Waals surface area (Å²) in [5.41, 5.74) is -0.267. The lowest BCUT2D eigenvalue weighted by molar-refractivity contribution is 0.0769. The molecule has 0 N–H and O–H groups in total. The summed E-state index contributed by atoms with van der Waals surface area (Å²) in [5, 5.41) is 0. The quantitative estimate of drug-likeness (QED) is 0.708. The third-order valence-electron chi connectivity index (χ3n) is 3.69. The summed E-state index contributed by atoms with van der Waals surface area (Å²) in [6, 6.07) is 12.4. The molecule has 0 aliphatic rings. The highest BCUT2D eigenvalue weighted by molar-refractivity contribution is 7.91. The van der Waals surface area contributed by atoms with E-state index >= 15 is 0 Å². The van der Waals surface area contributed by atoms with Crippen LogP contribution in [0.1, 0.15) is 17.3 Å². The van der Waals surface area contributed by atoms with E-state index in [0.29, 0.717) is 5.75 Å². The van der Waals surface area contributed by atoms with E-state index in [-0.39, 0.29) is 29.4 Å². The molecule has 0 saturated carbocycles. The summed E-state index contributed by atoms with van der Waals surface area (Å²) in [7, 11) is -2.00. The first-order valence-electron chi connectivity index (χ1n) is 7.80. The van der Waals surface area contributed by atoms with E-state index in [4.69, 9.17) is 4.74 Å². The number of nitrogens with zero attached hydrogens (tertiary/aromatic N) is 1. The topological polar surface area (TPSA) is 63.7 Å². The first kappa shape index (κ1) is 18.9. The van der Waals surface area contributed by atoms with Gasteiger partial charge in [-0.05, 0) is 30.3 Å². The number of benzene rings is 2. The molecule has 0 radical (unpaired) electrons. The minimum Gasteiger partial charge on any atom is -0.492 e. The van der Waals surface area contributed by atoms with Gasteiger partial charge in [-0.1, -0.05) is 25.1 Å². The Bertz CT molecular complexity index is 837. The van der Waals surface area contributed by atoms with Gasteiger partial charge in [0.1, 0.15) is 18.2 Å². The predicted molar refractivity (Wildman–Crippen MR) is 93.0 cm³/mol. The Labute approximate surface area is 147 Å². The van der Waals surface area contributed by atoms with Crippen LogP contribution in [0.5, 0.6) is 5.75 Å². The van der Waals surface area contributed by atoms with Gasteiger partial charge in [-0.3, -0.25) is 4.79 Å². The van der Waals surface area contributed by atoms with Gasteiger partial charge < -0.3 is 9.64 Å². The summed E-state index contributed by atoms with van der Waals surface area (Å²) in [6.07, 6.45) is 0. The zero-order chi connectivity index (χ0) is 18.4. The highest BCUT2D eigenvalue weighted by Crippen LogP contribution is 2.18. The van der Waals surface area contributed by atoms with Crippen LogP contribution in [0.3, 0.4) is 0 Å². The molecule has 7 heteroatoms. The summed E-state index contributed by atoms with van der Waals surface area (Å²) < 4.78 is 43.3. The number of carbonyl (C=O) groups excluding carboxylic acids is 1. The molecule has 0 saturated heterocycles. The molecule has 2 aromatic rings. The summed E-state index contributed by atoms with van der Waals surface area (Å²) in [4.78, 5) is 13.6. The second kappa shape index (κ2) is 8.11. The van der Waals surface area contributed by atoms with Crippen molar-refractivity contribution in [3.8, 4) is 5.75 Å². The Kier molecular flexibility index (Phi) is 6.14. The fraction of sp³-hybridized carbons (Fsp3) is 0.278. The summed E-state index contributed by atoms with van der Waals surface area (Å²) in [6.45, 7) is 1.96.